The van der Waals surface area contributed by atoms with Crippen molar-refractivity contribution in [3.05, 3.63) is 0 Å². The summed E-state index contributed by atoms with van der Waals surface area (Å²) >= 11 is 0. The van der Waals surface area contributed by atoms with Gasteiger partial charge in [0.2, 0.25) is 7.37 Å². The highest BCUT2D eigenvalue weighted by atomic mass is 31.2. The van der Waals surface area contributed by atoms with Crippen molar-refractivity contribution in [1.82, 2.24) is 0 Å². The Morgan fingerprint density at radius 1 is 1.13 bits per heavy atom. The molecular formula is C11H25O3P. The third-order valence-corrected chi connectivity index (χ3v) is 6.22. The summed E-state index contributed by atoms with van der Waals surface area (Å²) in [6.45, 7) is 5.99. The average Bonchev–Trinajstić information content (AvgIpc) is 2.24. The van der Waals surface area contributed by atoms with E-state index in [1.165, 1.54) is 0 Å². The van der Waals surface area contributed by atoms with Crippen LogP contribution in [0.4, 0.5) is 0 Å². The van der Waals surface area contributed by atoms with E-state index >= 15 is 0 Å². The largest absolute Gasteiger partial charge is 0.386 e. The van der Waals surface area contributed by atoms with E-state index in [0.29, 0.717) is 12.8 Å². The summed E-state index contributed by atoms with van der Waals surface area (Å²) in [5.41, 5.74) is 0. The normalized spacial score (nSPS) is 16.3. The molecule has 0 rings (SSSR count). The average molecular weight is 236 g/mol. The molecule has 92 valence electrons. The molecule has 0 aromatic carbocycles. The Morgan fingerprint density at radius 2 is 1.67 bits per heavy atom. The summed E-state index contributed by atoms with van der Waals surface area (Å²) in [5.74, 6) is 0. The molecule has 0 aromatic rings. The first kappa shape index (κ1) is 15.2. The number of aliphatic hydroxyl groups is 1. The van der Waals surface area contributed by atoms with Gasteiger partial charge in [-0.15, -0.1) is 0 Å². The maximum Gasteiger partial charge on any atom is 0.231 e. The standard InChI is InChI=1S/C11H25O3P/c1-4-7-8-9-11(5-2,6-3)15(13,14)10-12/h12H,4-10H2,1-3H3,(H,13,14). The summed E-state index contributed by atoms with van der Waals surface area (Å²) in [6.07, 6.45) is 4.68. The van der Waals surface area contributed by atoms with Gasteiger partial charge < -0.3 is 10.00 Å². The van der Waals surface area contributed by atoms with Gasteiger partial charge in [-0.05, 0) is 19.3 Å². The lowest BCUT2D eigenvalue weighted by Crippen LogP contribution is -2.28. The fraction of sp³-hybridized carbons (Fsp3) is 1.00. The molecule has 0 radical (unpaired) electrons. The maximum absolute atomic E-state index is 12.0. The Labute approximate surface area is 93.4 Å². The molecule has 0 amide bonds. The van der Waals surface area contributed by atoms with Crippen molar-refractivity contribution < 1.29 is 14.6 Å². The zero-order chi connectivity index (χ0) is 11.9. The van der Waals surface area contributed by atoms with Gasteiger partial charge in [0.05, 0.1) is 0 Å². The number of hydrogen-bond donors (Lipinski definition) is 2. The molecule has 0 heterocycles. The van der Waals surface area contributed by atoms with Gasteiger partial charge >= 0.3 is 0 Å². The minimum absolute atomic E-state index is 0.559. The topological polar surface area (TPSA) is 57.5 Å². The first-order valence-electron chi connectivity index (χ1n) is 5.92. The lowest BCUT2D eigenvalue weighted by Gasteiger charge is -2.35. The third kappa shape index (κ3) is 3.58. The van der Waals surface area contributed by atoms with E-state index in [9.17, 15) is 9.46 Å². The molecule has 0 saturated heterocycles. The summed E-state index contributed by atoms with van der Waals surface area (Å²) in [6, 6.07) is 0. The van der Waals surface area contributed by atoms with E-state index in [4.69, 9.17) is 5.11 Å². The van der Waals surface area contributed by atoms with Gasteiger partial charge in [-0.25, -0.2) is 0 Å². The van der Waals surface area contributed by atoms with Crippen LogP contribution in [0.2, 0.25) is 0 Å². The fourth-order valence-electron chi connectivity index (χ4n) is 2.13. The molecular weight excluding hydrogens is 211 g/mol. The van der Waals surface area contributed by atoms with Crippen LogP contribution >= 0.6 is 7.37 Å². The lowest BCUT2D eigenvalue weighted by atomic mass is 9.95. The van der Waals surface area contributed by atoms with E-state index in [0.717, 1.165) is 25.7 Å². The van der Waals surface area contributed by atoms with Crippen LogP contribution in [-0.4, -0.2) is 21.5 Å². The molecule has 0 aromatic heterocycles. The van der Waals surface area contributed by atoms with Crippen molar-refractivity contribution >= 4 is 7.37 Å². The van der Waals surface area contributed by atoms with Crippen LogP contribution in [-0.2, 0) is 4.57 Å². The molecule has 1 unspecified atom stereocenters. The smallest absolute Gasteiger partial charge is 0.231 e. The Bertz CT molecular complexity index is 212. The molecule has 3 nitrogen and oxygen atoms in total. The zero-order valence-electron chi connectivity index (χ0n) is 10.2. The van der Waals surface area contributed by atoms with Gasteiger partial charge in [0, 0.05) is 5.16 Å². The van der Waals surface area contributed by atoms with E-state index in [2.05, 4.69) is 6.92 Å². The number of hydrogen-bond acceptors (Lipinski definition) is 2. The second kappa shape index (κ2) is 6.67. The van der Waals surface area contributed by atoms with Gasteiger partial charge in [-0.3, -0.25) is 4.57 Å². The third-order valence-electron chi connectivity index (χ3n) is 3.49. The van der Waals surface area contributed by atoms with Gasteiger partial charge in [0.15, 0.2) is 0 Å². The lowest BCUT2D eigenvalue weighted by molar-refractivity contribution is 0.302. The van der Waals surface area contributed by atoms with Crippen LogP contribution in [0.3, 0.4) is 0 Å². The zero-order valence-corrected chi connectivity index (χ0v) is 11.1. The van der Waals surface area contributed by atoms with Crippen molar-refractivity contribution in [3.8, 4) is 0 Å². The highest BCUT2D eigenvalue weighted by Crippen LogP contribution is 2.59. The van der Waals surface area contributed by atoms with Gasteiger partial charge in [0.1, 0.15) is 6.35 Å². The SMILES string of the molecule is CCCCCC(CC)(CC)P(=O)(O)CO. The van der Waals surface area contributed by atoms with Crippen LogP contribution in [0.5, 0.6) is 0 Å². The monoisotopic (exact) mass is 236 g/mol. The molecule has 1 atom stereocenters. The summed E-state index contributed by atoms with van der Waals surface area (Å²) < 4.78 is 12.0. The van der Waals surface area contributed by atoms with E-state index in [1.54, 1.807) is 0 Å². The minimum atomic E-state index is -3.40. The Morgan fingerprint density at radius 3 is 2.00 bits per heavy atom. The van der Waals surface area contributed by atoms with Gasteiger partial charge in [-0.1, -0.05) is 40.0 Å². The maximum atomic E-state index is 12.0. The number of aliphatic hydroxyl groups excluding tert-OH is 1. The van der Waals surface area contributed by atoms with Crippen molar-refractivity contribution in [3.63, 3.8) is 0 Å². The van der Waals surface area contributed by atoms with E-state index < -0.39 is 18.9 Å². The van der Waals surface area contributed by atoms with Crippen molar-refractivity contribution in [2.75, 3.05) is 6.35 Å². The van der Waals surface area contributed by atoms with E-state index in [1.807, 2.05) is 13.8 Å². The quantitative estimate of drug-likeness (QED) is 0.502. The highest BCUT2D eigenvalue weighted by Gasteiger charge is 2.43. The predicted molar refractivity (Wildman–Crippen MR) is 64.4 cm³/mol. The highest BCUT2D eigenvalue weighted by molar-refractivity contribution is 7.59. The van der Waals surface area contributed by atoms with E-state index in [-0.39, 0.29) is 0 Å². The Balaban J connectivity index is 4.65. The first-order valence-corrected chi connectivity index (χ1v) is 7.77. The fourth-order valence-corrected chi connectivity index (χ4v) is 3.92. The van der Waals surface area contributed by atoms with Crippen LogP contribution in [0, 0.1) is 0 Å². The molecule has 0 fully saturated rings. The molecule has 0 aliphatic heterocycles. The molecule has 0 spiro atoms. The van der Waals surface area contributed by atoms with Crippen molar-refractivity contribution in [2.24, 2.45) is 0 Å². The predicted octanol–water partition coefficient (Wildman–Crippen LogP) is 3.35. The molecule has 15 heavy (non-hydrogen) atoms. The molecule has 2 N–H and O–H groups in total. The second-order valence-electron chi connectivity index (χ2n) is 4.23. The summed E-state index contributed by atoms with van der Waals surface area (Å²) in [4.78, 5) is 9.84. The molecule has 0 bridgehead atoms. The van der Waals surface area contributed by atoms with Crippen molar-refractivity contribution in [1.29, 1.82) is 0 Å². The van der Waals surface area contributed by atoms with Crippen LogP contribution in [0.25, 0.3) is 0 Å². The summed E-state index contributed by atoms with van der Waals surface area (Å²) in [7, 11) is -3.40. The van der Waals surface area contributed by atoms with Gasteiger partial charge in [0.25, 0.3) is 0 Å². The van der Waals surface area contributed by atoms with Crippen LogP contribution < -0.4 is 0 Å². The van der Waals surface area contributed by atoms with Gasteiger partial charge in [-0.2, -0.15) is 0 Å². The summed E-state index contributed by atoms with van der Waals surface area (Å²) in [5, 5.41) is 8.48. The van der Waals surface area contributed by atoms with Crippen molar-refractivity contribution in [2.45, 2.75) is 64.5 Å². The number of unbranched alkanes of at least 4 members (excludes halogenated alkanes) is 2. The first-order chi connectivity index (χ1) is 6.99. The molecule has 4 heteroatoms. The molecule has 0 aliphatic carbocycles. The van der Waals surface area contributed by atoms with Crippen LogP contribution in [0.15, 0.2) is 0 Å². The minimum Gasteiger partial charge on any atom is -0.386 e. The molecule has 0 aliphatic rings. The number of rotatable bonds is 8. The Kier molecular flexibility index (Phi) is 6.74. The van der Waals surface area contributed by atoms with Crippen LogP contribution in [0.1, 0.15) is 59.3 Å². The Hall–Kier alpha value is 0.150. The second-order valence-corrected chi connectivity index (χ2v) is 6.87. The molecule has 0 saturated carbocycles.